The molecule has 1 aliphatic heterocycles. The van der Waals surface area contributed by atoms with Crippen LogP contribution in [0.3, 0.4) is 0 Å². The standard InChI is InChI=1S/C15H10BrN3S/c1-19-9-10(16)6-7-13(19)11(8-17)15-18-12-4-2-3-5-14(12)20-15/h2-7,9H,1H3. The Labute approximate surface area is 129 Å². The lowest BCUT2D eigenvalue weighted by atomic mass is 10.1. The van der Waals surface area contributed by atoms with E-state index in [4.69, 9.17) is 0 Å². The van der Waals surface area contributed by atoms with Gasteiger partial charge in [-0.05, 0) is 40.2 Å². The average molecular weight is 344 g/mol. The van der Waals surface area contributed by atoms with Crippen LogP contribution in [0, 0.1) is 11.3 Å². The van der Waals surface area contributed by atoms with Crippen molar-refractivity contribution in [3.8, 4) is 6.07 Å². The van der Waals surface area contributed by atoms with Crippen molar-refractivity contribution in [2.45, 2.75) is 0 Å². The van der Waals surface area contributed by atoms with E-state index in [0.717, 1.165) is 25.4 Å². The number of likely N-dealkylation sites (N-methyl/N-ethyl adjacent to an activating group) is 1. The molecule has 0 amide bonds. The summed E-state index contributed by atoms with van der Waals surface area (Å²) in [5.41, 5.74) is 2.39. The average Bonchev–Trinajstić information content (AvgIpc) is 2.85. The fourth-order valence-electron chi connectivity index (χ4n) is 2.03. The summed E-state index contributed by atoms with van der Waals surface area (Å²) < 4.78 is 2.07. The topological polar surface area (TPSA) is 39.9 Å². The van der Waals surface area contributed by atoms with Crippen molar-refractivity contribution in [3.05, 3.63) is 57.8 Å². The van der Waals surface area contributed by atoms with Crippen molar-refractivity contribution in [3.63, 3.8) is 0 Å². The summed E-state index contributed by atoms with van der Waals surface area (Å²) in [6.45, 7) is 0. The van der Waals surface area contributed by atoms with Crippen LogP contribution in [0.1, 0.15) is 5.01 Å². The number of aromatic nitrogens is 1. The van der Waals surface area contributed by atoms with Gasteiger partial charge in [0.1, 0.15) is 16.6 Å². The lowest BCUT2D eigenvalue weighted by Crippen LogP contribution is -2.13. The van der Waals surface area contributed by atoms with E-state index < -0.39 is 0 Å². The first kappa shape index (κ1) is 13.1. The molecular weight excluding hydrogens is 334 g/mol. The van der Waals surface area contributed by atoms with Gasteiger partial charge in [-0.15, -0.1) is 11.3 Å². The Morgan fingerprint density at radius 1 is 1.35 bits per heavy atom. The number of benzene rings is 1. The second-order valence-electron chi connectivity index (χ2n) is 4.32. The third-order valence-corrected chi connectivity index (χ3v) is 4.50. The molecule has 20 heavy (non-hydrogen) atoms. The number of thiazole rings is 1. The Balaban J connectivity index is 2.15. The van der Waals surface area contributed by atoms with Crippen molar-refractivity contribution in [1.82, 2.24) is 9.88 Å². The molecule has 2 aromatic rings. The molecule has 0 saturated carbocycles. The molecule has 98 valence electrons. The molecule has 0 spiro atoms. The summed E-state index contributed by atoms with van der Waals surface area (Å²) in [5, 5.41) is 10.3. The molecule has 0 radical (unpaired) electrons. The van der Waals surface area contributed by atoms with E-state index in [1.54, 1.807) is 11.3 Å². The second-order valence-corrected chi connectivity index (χ2v) is 6.26. The van der Waals surface area contributed by atoms with Gasteiger partial charge in [-0.25, -0.2) is 4.98 Å². The van der Waals surface area contributed by atoms with Gasteiger partial charge >= 0.3 is 0 Å². The molecule has 0 unspecified atom stereocenters. The van der Waals surface area contributed by atoms with Gasteiger partial charge in [0.05, 0.1) is 15.9 Å². The van der Waals surface area contributed by atoms with Crippen molar-refractivity contribution in [1.29, 1.82) is 5.26 Å². The van der Waals surface area contributed by atoms with Gasteiger partial charge < -0.3 is 4.90 Å². The lowest BCUT2D eigenvalue weighted by Gasteiger charge is -2.20. The SMILES string of the molecule is CN1C=C(Br)C=CC1=C(C#N)c1nc2ccccc2s1. The van der Waals surface area contributed by atoms with Crippen LogP contribution in [-0.4, -0.2) is 16.9 Å². The van der Waals surface area contributed by atoms with Crippen LogP contribution in [0.15, 0.2) is 52.8 Å². The van der Waals surface area contributed by atoms with Gasteiger partial charge in [0.15, 0.2) is 0 Å². The zero-order chi connectivity index (χ0) is 14.1. The minimum atomic E-state index is 0.598. The molecule has 1 aromatic carbocycles. The highest BCUT2D eigenvalue weighted by Gasteiger charge is 2.16. The van der Waals surface area contributed by atoms with Crippen molar-refractivity contribution in [2.24, 2.45) is 0 Å². The highest BCUT2D eigenvalue weighted by Crippen LogP contribution is 2.31. The van der Waals surface area contributed by atoms with Crippen molar-refractivity contribution >= 4 is 43.1 Å². The summed E-state index contributed by atoms with van der Waals surface area (Å²) in [6.07, 6.45) is 5.79. The van der Waals surface area contributed by atoms with Crippen LogP contribution < -0.4 is 0 Å². The molecule has 1 aliphatic rings. The Bertz CT molecular complexity index is 775. The molecule has 3 nitrogen and oxygen atoms in total. The monoisotopic (exact) mass is 343 g/mol. The molecule has 0 N–H and O–H groups in total. The van der Waals surface area contributed by atoms with Gasteiger partial charge in [-0.1, -0.05) is 12.1 Å². The first-order valence-corrected chi connectivity index (χ1v) is 7.58. The Kier molecular flexibility index (Phi) is 3.43. The Hall–Kier alpha value is -1.90. The van der Waals surface area contributed by atoms with Crippen LogP contribution in [0.5, 0.6) is 0 Å². The number of allylic oxidation sites excluding steroid dienone is 4. The number of rotatable bonds is 1. The van der Waals surface area contributed by atoms with Crippen molar-refractivity contribution < 1.29 is 0 Å². The summed E-state index contributed by atoms with van der Waals surface area (Å²) in [5.74, 6) is 0. The normalized spacial score (nSPS) is 17.1. The predicted molar refractivity (Wildman–Crippen MR) is 86.1 cm³/mol. The van der Waals surface area contributed by atoms with Crippen LogP contribution in [0.25, 0.3) is 15.8 Å². The third-order valence-electron chi connectivity index (χ3n) is 2.97. The number of halogens is 1. The number of fused-ring (bicyclic) bond motifs is 1. The van der Waals surface area contributed by atoms with E-state index in [1.165, 1.54) is 0 Å². The maximum Gasteiger partial charge on any atom is 0.137 e. The number of para-hydroxylation sites is 1. The van der Waals surface area contributed by atoms with Gasteiger partial charge in [-0.2, -0.15) is 5.26 Å². The maximum atomic E-state index is 9.51. The highest BCUT2D eigenvalue weighted by molar-refractivity contribution is 9.11. The van der Waals surface area contributed by atoms with E-state index in [9.17, 15) is 5.26 Å². The predicted octanol–water partition coefficient (Wildman–Crippen LogP) is 4.27. The third kappa shape index (κ3) is 2.28. The molecule has 3 rings (SSSR count). The van der Waals surface area contributed by atoms with Gasteiger partial charge in [0, 0.05) is 17.7 Å². The van der Waals surface area contributed by atoms with E-state index >= 15 is 0 Å². The molecule has 0 fully saturated rings. The van der Waals surface area contributed by atoms with E-state index in [2.05, 4.69) is 27.0 Å². The van der Waals surface area contributed by atoms with Gasteiger partial charge in [0.25, 0.3) is 0 Å². The number of hydrogen-bond donors (Lipinski definition) is 0. The van der Waals surface area contributed by atoms with Gasteiger partial charge in [-0.3, -0.25) is 0 Å². The zero-order valence-corrected chi connectivity index (χ0v) is 13.1. The fourth-order valence-corrected chi connectivity index (χ4v) is 3.44. The quantitative estimate of drug-likeness (QED) is 0.726. The molecule has 0 saturated heterocycles. The number of nitrogens with zero attached hydrogens (tertiary/aromatic N) is 3. The molecule has 1 aromatic heterocycles. The van der Waals surface area contributed by atoms with Crippen LogP contribution >= 0.6 is 27.3 Å². The molecule has 0 aliphatic carbocycles. The van der Waals surface area contributed by atoms with E-state index in [1.807, 2.05) is 54.6 Å². The van der Waals surface area contributed by atoms with Crippen LogP contribution in [0.2, 0.25) is 0 Å². The minimum absolute atomic E-state index is 0.598. The lowest BCUT2D eigenvalue weighted by molar-refractivity contribution is 0.586. The summed E-state index contributed by atoms with van der Waals surface area (Å²) in [6, 6.07) is 10.2. The molecule has 0 atom stereocenters. The van der Waals surface area contributed by atoms with E-state index in [-0.39, 0.29) is 0 Å². The maximum absolute atomic E-state index is 9.51. The summed E-state index contributed by atoms with van der Waals surface area (Å²) in [4.78, 5) is 6.48. The van der Waals surface area contributed by atoms with Crippen LogP contribution in [-0.2, 0) is 0 Å². The fraction of sp³-hybridized carbons (Fsp3) is 0.0667. The number of nitriles is 1. The molecule has 5 heteroatoms. The van der Waals surface area contributed by atoms with Gasteiger partial charge in [0.2, 0.25) is 0 Å². The second kappa shape index (κ2) is 5.23. The zero-order valence-electron chi connectivity index (χ0n) is 10.7. The minimum Gasteiger partial charge on any atom is -0.349 e. The smallest absolute Gasteiger partial charge is 0.137 e. The number of hydrogen-bond acceptors (Lipinski definition) is 4. The first-order chi connectivity index (χ1) is 9.69. The molecular formula is C15H10BrN3S. The van der Waals surface area contributed by atoms with Crippen molar-refractivity contribution in [2.75, 3.05) is 7.05 Å². The largest absolute Gasteiger partial charge is 0.349 e. The molecule has 0 bridgehead atoms. The first-order valence-electron chi connectivity index (χ1n) is 5.97. The Morgan fingerprint density at radius 3 is 2.85 bits per heavy atom. The summed E-state index contributed by atoms with van der Waals surface area (Å²) >= 11 is 4.97. The summed E-state index contributed by atoms with van der Waals surface area (Å²) in [7, 11) is 1.92. The van der Waals surface area contributed by atoms with Crippen LogP contribution in [0.4, 0.5) is 0 Å². The van der Waals surface area contributed by atoms with E-state index in [0.29, 0.717) is 5.57 Å². The highest BCUT2D eigenvalue weighted by atomic mass is 79.9. The molecule has 2 heterocycles. The Morgan fingerprint density at radius 2 is 2.15 bits per heavy atom.